The average molecular weight is 180 g/mol. The van der Waals surface area contributed by atoms with Crippen molar-refractivity contribution >= 4 is 0 Å². The maximum absolute atomic E-state index is 8.85. The molecule has 0 fully saturated rings. The topological polar surface area (TPSA) is 29.5 Å². The monoisotopic (exact) mass is 180 g/mol. The quantitative estimate of drug-likeness (QED) is 0.765. The minimum absolute atomic E-state index is 0.170. The van der Waals surface area contributed by atoms with E-state index in [1.807, 2.05) is 12.1 Å². The van der Waals surface area contributed by atoms with Crippen LogP contribution in [0.3, 0.4) is 0 Å². The van der Waals surface area contributed by atoms with Gasteiger partial charge in [-0.2, -0.15) is 0 Å². The summed E-state index contributed by atoms with van der Waals surface area (Å²) in [4.78, 5) is 0. The Bertz CT molecular complexity index is 269. The molecule has 0 radical (unpaired) electrons. The number of aliphatic hydroxyl groups is 1. The molecule has 2 heteroatoms. The first-order chi connectivity index (χ1) is 6.33. The Labute approximate surface area is 79.2 Å². The Hall–Kier alpha value is -1.02. The zero-order valence-electron chi connectivity index (χ0n) is 8.21. The summed E-state index contributed by atoms with van der Waals surface area (Å²) in [5.41, 5.74) is 2.29. The highest BCUT2D eigenvalue weighted by Crippen LogP contribution is 2.24. The third-order valence-electron chi connectivity index (χ3n) is 2.14. The Balaban J connectivity index is 3.03. The molecule has 1 aromatic rings. The molecule has 13 heavy (non-hydrogen) atoms. The van der Waals surface area contributed by atoms with Crippen molar-refractivity contribution in [3.8, 4) is 5.75 Å². The molecule has 1 N–H and O–H groups in total. The second-order valence-electron chi connectivity index (χ2n) is 2.94. The summed E-state index contributed by atoms with van der Waals surface area (Å²) in [6, 6.07) is 6.06. The van der Waals surface area contributed by atoms with E-state index in [0.29, 0.717) is 6.42 Å². The molecule has 2 nitrogen and oxygen atoms in total. The van der Waals surface area contributed by atoms with Gasteiger partial charge in [-0.3, -0.25) is 0 Å². The molecule has 0 saturated carbocycles. The zero-order chi connectivity index (χ0) is 9.68. The molecular weight excluding hydrogens is 164 g/mol. The van der Waals surface area contributed by atoms with E-state index >= 15 is 0 Å². The van der Waals surface area contributed by atoms with Crippen molar-refractivity contribution in [1.82, 2.24) is 0 Å². The molecule has 0 aliphatic carbocycles. The molecule has 1 rings (SSSR count). The van der Waals surface area contributed by atoms with Crippen molar-refractivity contribution in [2.45, 2.75) is 19.8 Å². The summed E-state index contributed by atoms with van der Waals surface area (Å²) < 4.78 is 5.31. The average Bonchev–Trinajstić information content (AvgIpc) is 2.18. The lowest BCUT2D eigenvalue weighted by Crippen LogP contribution is -1.98. The minimum Gasteiger partial charge on any atom is -0.496 e. The van der Waals surface area contributed by atoms with Crippen LogP contribution in [0.25, 0.3) is 0 Å². The van der Waals surface area contributed by atoms with Crippen LogP contribution in [0, 0.1) is 0 Å². The molecule has 72 valence electrons. The standard InChI is InChI=1S/C11H16O2/c1-3-9-5-4-6-10(7-8-12)11(9)13-2/h4-6,12H,3,7-8H2,1-2H3. The van der Waals surface area contributed by atoms with Gasteiger partial charge in [-0.05, 0) is 24.0 Å². The largest absolute Gasteiger partial charge is 0.496 e. The molecule has 0 atom stereocenters. The number of para-hydroxylation sites is 1. The van der Waals surface area contributed by atoms with Gasteiger partial charge in [0.25, 0.3) is 0 Å². The fourth-order valence-electron chi connectivity index (χ4n) is 1.50. The first-order valence-electron chi connectivity index (χ1n) is 4.59. The summed E-state index contributed by atoms with van der Waals surface area (Å²) >= 11 is 0. The highest BCUT2D eigenvalue weighted by atomic mass is 16.5. The fourth-order valence-corrected chi connectivity index (χ4v) is 1.50. The van der Waals surface area contributed by atoms with Gasteiger partial charge >= 0.3 is 0 Å². The minimum atomic E-state index is 0.170. The van der Waals surface area contributed by atoms with Crippen molar-refractivity contribution in [2.75, 3.05) is 13.7 Å². The van der Waals surface area contributed by atoms with Gasteiger partial charge in [0.2, 0.25) is 0 Å². The van der Waals surface area contributed by atoms with Crippen LogP contribution >= 0.6 is 0 Å². The Morgan fingerprint density at radius 2 is 2.00 bits per heavy atom. The molecule has 0 aliphatic rings. The smallest absolute Gasteiger partial charge is 0.125 e. The van der Waals surface area contributed by atoms with Crippen molar-refractivity contribution in [2.24, 2.45) is 0 Å². The summed E-state index contributed by atoms with van der Waals surface area (Å²) in [6.07, 6.45) is 1.62. The van der Waals surface area contributed by atoms with Crippen molar-refractivity contribution in [1.29, 1.82) is 0 Å². The zero-order valence-corrected chi connectivity index (χ0v) is 8.21. The normalized spacial score (nSPS) is 10.1. The molecule has 0 spiro atoms. The van der Waals surface area contributed by atoms with Crippen LogP contribution in [0.5, 0.6) is 5.75 Å². The van der Waals surface area contributed by atoms with E-state index in [2.05, 4.69) is 13.0 Å². The third-order valence-corrected chi connectivity index (χ3v) is 2.14. The van der Waals surface area contributed by atoms with Crippen molar-refractivity contribution < 1.29 is 9.84 Å². The van der Waals surface area contributed by atoms with Crippen LogP contribution in [-0.2, 0) is 12.8 Å². The highest BCUT2D eigenvalue weighted by Gasteiger charge is 2.05. The van der Waals surface area contributed by atoms with Gasteiger partial charge < -0.3 is 9.84 Å². The van der Waals surface area contributed by atoms with Crippen LogP contribution in [-0.4, -0.2) is 18.8 Å². The maximum atomic E-state index is 8.85. The Morgan fingerprint density at radius 3 is 2.54 bits per heavy atom. The molecule has 0 aliphatic heterocycles. The molecule has 1 aromatic carbocycles. The summed E-state index contributed by atoms with van der Waals surface area (Å²) in [7, 11) is 1.68. The fraction of sp³-hybridized carbons (Fsp3) is 0.455. The van der Waals surface area contributed by atoms with E-state index in [1.54, 1.807) is 7.11 Å². The van der Waals surface area contributed by atoms with E-state index in [4.69, 9.17) is 9.84 Å². The van der Waals surface area contributed by atoms with E-state index in [0.717, 1.165) is 17.7 Å². The van der Waals surface area contributed by atoms with Gasteiger partial charge in [0.15, 0.2) is 0 Å². The van der Waals surface area contributed by atoms with Crippen LogP contribution < -0.4 is 4.74 Å². The summed E-state index contributed by atoms with van der Waals surface area (Å²) in [5, 5.41) is 8.85. The first-order valence-corrected chi connectivity index (χ1v) is 4.59. The SMILES string of the molecule is CCc1cccc(CCO)c1OC. The lowest BCUT2D eigenvalue weighted by atomic mass is 10.0. The van der Waals surface area contributed by atoms with Crippen LogP contribution in [0.4, 0.5) is 0 Å². The second kappa shape index (κ2) is 4.87. The number of hydrogen-bond acceptors (Lipinski definition) is 2. The van der Waals surface area contributed by atoms with Gasteiger partial charge in [0, 0.05) is 6.61 Å². The molecule has 0 heterocycles. The molecule has 0 saturated heterocycles. The van der Waals surface area contributed by atoms with Gasteiger partial charge in [-0.1, -0.05) is 25.1 Å². The lowest BCUT2D eigenvalue weighted by molar-refractivity contribution is 0.296. The van der Waals surface area contributed by atoms with E-state index in [1.165, 1.54) is 5.56 Å². The van der Waals surface area contributed by atoms with Crippen LogP contribution in [0.1, 0.15) is 18.1 Å². The van der Waals surface area contributed by atoms with Gasteiger partial charge in [-0.25, -0.2) is 0 Å². The van der Waals surface area contributed by atoms with E-state index in [-0.39, 0.29) is 6.61 Å². The number of benzene rings is 1. The van der Waals surface area contributed by atoms with E-state index in [9.17, 15) is 0 Å². The van der Waals surface area contributed by atoms with Crippen LogP contribution in [0.15, 0.2) is 18.2 Å². The van der Waals surface area contributed by atoms with Crippen LogP contribution in [0.2, 0.25) is 0 Å². The molecular formula is C11H16O2. The maximum Gasteiger partial charge on any atom is 0.125 e. The second-order valence-corrected chi connectivity index (χ2v) is 2.94. The van der Waals surface area contributed by atoms with Gasteiger partial charge in [0.1, 0.15) is 5.75 Å². The number of aryl methyl sites for hydroxylation is 1. The third kappa shape index (κ3) is 2.22. The Kier molecular flexibility index (Phi) is 3.77. The van der Waals surface area contributed by atoms with Crippen molar-refractivity contribution in [3.05, 3.63) is 29.3 Å². The number of rotatable bonds is 4. The van der Waals surface area contributed by atoms with Gasteiger partial charge in [0.05, 0.1) is 7.11 Å². The molecule has 0 unspecified atom stereocenters. The van der Waals surface area contributed by atoms with E-state index < -0.39 is 0 Å². The predicted molar refractivity (Wildman–Crippen MR) is 53.2 cm³/mol. The summed E-state index contributed by atoms with van der Waals surface area (Å²) in [6.45, 7) is 2.27. The highest BCUT2D eigenvalue weighted by molar-refractivity contribution is 5.41. The molecule has 0 aromatic heterocycles. The number of ether oxygens (including phenoxy) is 1. The van der Waals surface area contributed by atoms with Crippen molar-refractivity contribution in [3.63, 3.8) is 0 Å². The Morgan fingerprint density at radius 1 is 1.31 bits per heavy atom. The molecule has 0 bridgehead atoms. The lowest BCUT2D eigenvalue weighted by Gasteiger charge is -2.11. The molecule has 0 amide bonds. The number of hydrogen-bond donors (Lipinski definition) is 1. The number of methoxy groups -OCH3 is 1. The number of aliphatic hydroxyl groups excluding tert-OH is 1. The summed E-state index contributed by atoms with van der Waals surface area (Å²) in [5.74, 6) is 0.930. The first kappa shape index (κ1) is 10.1. The predicted octanol–water partition coefficient (Wildman–Crippen LogP) is 1.79. The van der Waals surface area contributed by atoms with Gasteiger partial charge in [-0.15, -0.1) is 0 Å².